The molecule has 0 bridgehead atoms. The maximum Gasteiger partial charge on any atom is 0.307 e. The number of hydrogen-bond donors (Lipinski definition) is 0. The molecule has 256 valence electrons. The molecule has 3 aromatic heterocycles. The predicted octanol–water partition coefficient (Wildman–Crippen LogP) is 5.80. The molecule has 0 spiro atoms. The number of unbranched alkanes of at least 4 members (excludes halogenated alkanes) is 1. The van der Waals surface area contributed by atoms with Crippen LogP contribution >= 0.6 is 23.1 Å². The summed E-state index contributed by atoms with van der Waals surface area (Å²) in [5.41, 5.74) is 0.253. The highest BCUT2D eigenvalue weighted by molar-refractivity contribution is 7.99. The summed E-state index contributed by atoms with van der Waals surface area (Å²) in [7, 11) is 3.52. The molecule has 0 atom stereocenters. The second-order valence-electron chi connectivity index (χ2n) is 9.72. The molecule has 0 saturated heterocycles. The van der Waals surface area contributed by atoms with Crippen LogP contribution in [0.3, 0.4) is 0 Å². The first-order valence-electron chi connectivity index (χ1n) is 14.3. The van der Waals surface area contributed by atoms with E-state index in [2.05, 4.69) is 10.2 Å². The number of thiophene rings is 1. The number of aromatic nitrogens is 2. The summed E-state index contributed by atoms with van der Waals surface area (Å²) in [6.45, 7) is -0.196. The topological polar surface area (TPSA) is 168 Å². The minimum absolute atomic E-state index is 0.0214. The predicted molar refractivity (Wildman–Crippen MR) is 177 cm³/mol. The first-order valence-corrected chi connectivity index (χ1v) is 17.5. The van der Waals surface area contributed by atoms with Crippen molar-refractivity contribution < 1.29 is 49.9 Å². The number of nitrogens with zero attached hydrogens (tertiary/aromatic N) is 2. The van der Waals surface area contributed by atoms with E-state index >= 15 is 0 Å². The summed E-state index contributed by atoms with van der Waals surface area (Å²) in [6.07, 6.45) is 1.21. The summed E-state index contributed by atoms with van der Waals surface area (Å²) < 4.78 is 74.8. The van der Waals surface area contributed by atoms with E-state index in [-0.39, 0.29) is 56.8 Å². The fourth-order valence-corrected chi connectivity index (χ4v) is 7.16. The van der Waals surface area contributed by atoms with Gasteiger partial charge in [0.2, 0.25) is 22.8 Å². The monoisotopic (exact) mass is 720 g/mol. The Morgan fingerprint density at radius 3 is 2.25 bits per heavy atom. The summed E-state index contributed by atoms with van der Waals surface area (Å²) in [5, 5.41) is 9.90. The Labute approximate surface area is 283 Å². The molecule has 48 heavy (non-hydrogen) atoms. The number of rotatable bonds is 17. The molecule has 2 aromatic carbocycles. The minimum atomic E-state index is -3.90. The van der Waals surface area contributed by atoms with Crippen molar-refractivity contribution in [3.63, 3.8) is 0 Å². The molecule has 5 aromatic rings. The van der Waals surface area contributed by atoms with Gasteiger partial charge in [0, 0.05) is 23.4 Å². The molecule has 14 nitrogen and oxygen atoms in total. The Balaban J connectivity index is 1.30. The van der Waals surface area contributed by atoms with Gasteiger partial charge in [-0.15, -0.1) is 21.5 Å². The van der Waals surface area contributed by atoms with Gasteiger partial charge in [0.15, 0.2) is 17.3 Å². The normalized spacial score (nSPS) is 11.4. The molecule has 17 heteroatoms. The van der Waals surface area contributed by atoms with Gasteiger partial charge in [0.1, 0.15) is 33.3 Å². The van der Waals surface area contributed by atoms with Gasteiger partial charge >= 0.3 is 10.1 Å². The van der Waals surface area contributed by atoms with Crippen LogP contribution in [0.1, 0.15) is 18.7 Å². The summed E-state index contributed by atoms with van der Waals surface area (Å²) >= 11 is 2.35. The summed E-state index contributed by atoms with van der Waals surface area (Å²) in [5.74, 6) is 2.55. The van der Waals surface area contributed by atoms with Gasteiger partial charge in [0.05, 0.1) is 42.2 Å². The van der Waals surface area contributed by atoms with Crippen LogP contribution in [0.4, 0.5) is 0 Å². The Bertz CT molecular complexity index is 2000. The van der Waals surface area contributed by atoms with E-state index in [1.807, 2.05) is 0 Å². The second-order valence-corrected chi connectivity index (χ2v) is 13.6. The number of ether oxygens (including phenoxy) is 6. The first kappa shape index (κ1) is 34.9. The van der Waals surface area contributed by atoms with Crippen molar-refractivity contribution in [1.29, 1.82) is 0 Å². The van der Waals surface area contributed by atoms with E-state index in [0.29, 0.717) is 47.2 Å². The third-order valence-corrected chi connectivity index (χ3v) is 10.3. The third-order valence-electron chi connectivity index (χ3n) is 6.81. The summed E-state index contributed by atoms with van der Waals surface area (Å²) in [6, 6.07) is 9.58. The third kappa shape index (κ3) is 7.64. The van der Waals surface area contributed by atoms with Crippen molar-refractivity contribution in [3.05, 3.63) is 57.9 Å². The Kier molecular flexibility index (Phi) is 11.4. The van der Waals surface area contributed by atoms with Crippen LogP contribution in [-0.2, 0) is 20.9 Å². The Morgan fingerprint density at radius 2 is 1.60 bits per heavy atom. The molecule has 3 heterocycles. The maximum atomic E-state index is 14.0. The van der Waals surface area contributed by atoms with E-state index < -0.39 is 15.5 Å². The van der Waals surface area contributed by atoms with Crippen molar-refractivity contribution in [2.75, 3.05) is 47.9 Å². The van der Waals surface area contributed by atoms with Crippen molar-refractivity contribution >= 4 is 44.2 Å². The number of hydrogen-bond acceptors (Lipinski definition) is 16. The fourth-order valence-electron chi connectivity index (χ4n) is 4.54. The molecule has 0 saturated carbocycles. The standard InChI is InChI=1S/C31H32N2O12S3/c1-37-19-15-20(38-2)26-21(16-19)44-28(18-13-22(39-3)29(41-5)23(14-18)40-4)30(27(26)34)42-10-6-7-11-47-31-33-32-24(45-31)17-43-48(35,36)25-9-8-12-46-25/h8-9,12-16H,6-7,10-11,17H2,1-5H3. The molecular formula is C31H32N2O12S3. The molecule has 0 N–H and O–H groups in total. The van der Waals surface area contributed by atoms with Crippen LogP contribution in [0.5, 0.6) is 34.5 Å². The smallest absolute Gasteiger partial charge is 0.307 e. The molecule has 0 unspecified atom stereocenters. The quantitative estimate of drug-likeness (QED) is 0.0641. The van der Waals surface area contributed by atoms with Gasteiger partial charge in [-0.25, -0.2) is 0 Å². The molecule has 0 aliphatic heterocycles. The lowest BCUT2D eigenvalue weighted by molar-refractivity contribution is 0.257. The Morgan fingerprint density at radius 1 is 0.854 bits per heavy atom. The number of benzene rings is 2. The molecule has 0 fully saturated rings. The minimum Gasteiger partial charge on any atom is -0.496 e. The average Bonchev–Trinajstić information content (AvgIpc) is 3.82. The molecule has 0 aliphatic rings. The SMILES string of the molecule is COc1cc(OC)c2c(=O)c(OCCCCSc3nnc(COS(=O)(=O)c4cccs4)o3)c(-c3cc(OC)c(OC)c(OC)c3)oc2c1. The second kappa shape index (κ2) is 15.6. The van der Waals surface area contributed by atoms with Crippen molar-refractivity contribution in [2.24, 2.45) is 0 Å². The van der Waals surface area contributed by atoms with Crippen LogP contribution < -0.4 is 33.8 Å². The molecule has 0 amide bonds. The Hall–Kier alpha value is -4.45. The van der Waals surface area contributed by atoms with Crippen LogP contribution in [-0.4, -0.2) is 66.5 Å². The van der Waals surface area contributed by atoms with Crippen LogP contribution in [0.15, 0.2) is 64.8 Å². The van der Waals surface area contributed by atoms with E-state index in [0.717, 1.165) is 11.3 Å². The van der Waals surface area contributed by atoms with Crippen molar-refractivity contribution in [2.45, 2.75) is 28.9 Å². The largest absolute Gasteiger partial charge is 0.496 e. The maximum absolute atomic E-state index is 14.0. The van der Waals surface area contributed by atoms with E-state index in [1.54, 1.807) is 35.7 Å². The zero-order valence-electron chi connectivity index (χ0n) is 26.6. The van der Waals surface area contributed by atoms with Gasteiger partial charge in [-0.2, -0.15) is 8.42 Å². The lowest BCUT2D eigenvalue weighted by atomic mass is 10.1. The van der Waals surface area contributed by atoms with E-state index in [9.17, 15) is 13.2 Å². The molecule has 0 radical (unpaired) electrons. The fraction of sp³-hybridized carbons (Fsp3) is 0.323. The van der Waals surface area contributed by atoms with Gasteiger partial charge in [-0.3, -0.25) is 8.98 Å². The number of thioether (sulfide) groups is 1. The lowest BCUT2D eigenvalue weighted by Gasteiger charge is -2.17. The van der Waals surface area contributed by atoms with Crippen LogP contribution in [0.25, 0.3) is 22.3 Å². The lowest BCUT2D eigenvalue weighted by Crippen LogP contribution is -2.12. The van der Waals surface area contributed by atoms with Gasteiger partial charge < -0.3 is 37.3 Å². The van der Waals surface area contributed by atoms with E-state index in [1.165, 1.54) is 53.4 Å². The number of fused-ring (bicyclic) bond motifs is 1. The highest BCUT2D eigenvalue weighted by atomic mass is 32.3. The average molecular weight is 721 g/mol. The van der Waals surface area contributed by atoms with Gasteiger partial charge in [-0.05, 0) is 36.4 Å². The summed E-state index contributed by atoms with van der Waals surface area (Å²) in [4.78, 5) is 14.0. The highest BCUT2D eigenvalue weighted by Crippen LogP contribution is 2.44. The first-order chi connectivity index (χ1) is 23.2. The van der Waals surface area contributed by atoms with Crippen molar-refractivity contribution in [3.8, 4) is 45.8 Å². The zero-order valence-corrected chi connectivity index (χ0v) is 29.0. The molecule has 5 rings (SSSR count). The van der Waals surface area contributed by atoms with Crippen LogP contribution in [0.2, 0.25) is 0 Å². The van der Waals surface area contributed by atoms with Gasteiger partial charge in [0.25, 0.3) is 5.22 Å². The number of methoxy groups -OCH3 is 5. The highest BCUT2D eigenvalue weighted by Gasteiger charge is 2.24. The van der Waals surface area contributed by atoms with Crippen molar-refractivity contribution in [1.82, 2.24) is 10.2 Å². The van der Waals surface area contributed by atoms with E-state index in [4.69, 9.17) is 41.4 Å². The molecule has 0 aliphatic carbocycles. The zero-order chi connectivity index (χ0) is 34.3. The van der Waals surface area contributed by atoms with Crippen LogP contribution in [0, 0.1) is 0 Å². The molecular weight excluding hydrogens is 689 g/mol. The van der Waals surface area contributed by atoms with Gasteiger partial charge in [-0.1, -0.05) is 17.8 Å².